The molecule has 0 bridgehead atoms. The Balaban J connectivity index is 1.51. The quantitative estimate of drug-likeness (QED) is 0.857. The summed E-state index contributed by atoms with van der Waals surface area (Å²) in [6, 6.07) is 4.03. The van der Waals surface area contributed by atoms with Crippen molar-refractivity contribution in [3.63, 3.8) is 0 Å². The van der Waals surface area contributed by atoms with E-state index >= 15 is 0 Å². The summed E-state index contributed by atoms with van der Waals surface area (Å²) in [5.41, 5.74) is -0.236. The standard InChI is InChI=1S/C16H20F2N2O4/c1-14(19-3)8-15(2,9-14)20-13(21)7-22-10-4-5-11-12(6-10)24-16(17,18)23-11/h4-6,19H,7-9H2,1-3H3,(H,20,21). The fraction of sp³-hybridized carbons (Fsp3) is 0.562. The Kier molecular flexibility index (Phi) is 3.82. The average Bonchev–Trinajstić information content (AvgIpc) is 2.76. The van der Waals surface area contributed by atoms with E-state index in [4.69, 9.17) is 4.74 Å². The highest BCUT2D eigenvalue weighted by atomic mass is 19.3. The number of halogens is 2. The van der Waals surface area contributed by atoms with Crippen molar-refractivity contribution in [1.29, 1.82) is 0 Å². The molecule has 1 aromatic rings. The predicted molar refractivity (Wildman–Crippen MR) is 81.4 cm³/mol. The van der Waals surface area contributed by atoms with E-state index in [0.717, 1.165) is 12.8 Å². The molecule has 0 unspecified atom stereocenters. The molecule has 6 nitrogen and oxygen atoms in total. The summed E-state index contributed by atoms with van der Waals surface area (Å²) in [4.78, 5) is 12.0. The van der Waals surface area contributed by atoms with Crippen LogP contribution in [0.25, 0.3) is 0 Å². The number of carbonyl (C=O) groups is 1. The van der Waals surface area contributed by atoms with Crippen molar-refractivity contribution in [1.82, 2.24) is 10.6 Å². The summed E-state index contributed by atoms with van der Waals surface area (Å²) in [5, 5.41) is 6.16. The van der Waals surface area contributed by atoms with E-state index in [-0.39, 0.29) is 40.8 Å². The van der Waals surface area contributed by atoms with Crippen LogP contribution in [0.2, 0.25) is 0 Å². The van der Waals surface area contributed by atoms with Gasteiger partial charge in [-0.05, 0) is 45.9 Å². The van der Waals surface area contributed by atoms with Gasteiger partial charge in [-0.15, -0.1) is 8.78 Å². The number of alkyl halides is 2. The Bertz CT molecular complexity index is 659. The summed E-state index contributed by atoms with van der Waals surface area (Å²) >= 11 is 0. The lowest BCUT2D eigenvalue weighted by Crippen LogP contribution is -2.67. The van der Waals surface area contributed by atoms with Crippen molar-refractivity contribution in [2.24, 2.45) is 0 Å². The summed E-state index contributed by atoms with van der Waals surface area (Å²) in [5.74, 6) is -0.193. The van der Waals surface area contributed by atoms with Crippen molar-refractivity contribution in [2.45, 2.75) is 44.1 Å². The van der Waals surface area contributed by atoms with E-state index in [1.807, 2.05) is 14.0 Å². The topological polar surface area (TPSA) is 68.8 Å². The van der Waals surface area contributed by atoms with Gasteiger partial charge in [0.2, 0.25) is 0 Å². The van der Waals surface area contributed by atoms with Crippen LogP contribution < -0.4 is 24.8 Å². The van der Waals surface area contributed by atoms with E-state index in [1.54, 1.807) is 0 Å². The number of nitrogens with one attached hydrogen (secondary N) is 2. The number of ether oxygens (including phenoxy) is 3. The van der Waals surface area contributed by atoms with Gasteiger partial charge in [-0.1, -0.05) is 0 Å². The predicted octanol–water partition coefficient (Wildman–Crippen LogP) is 2.03. The van der Waals surface area contributed by atoms with Gasteiger partial charge >= 0.3 is 6.29 Å². The van der Waals surface area contributed by atoms with Gasteiger partial charge in [0.1, 0.15) is 5.75 Å². The molecule has 0 aromatic heterocycles. The number of amides is 1. The van der Waals surface area contributed by atoms with E-state index < -0.39 is 6.29 Å². The minimum Gasteiger partial charge on any atom is -0.484 e. The van der Waals surface area contributed by atoms with Crippen molar-refractivity contribution in [3.8, 4) is 17.2 Å². The SMILES string of the molecule is CNC1(C)CC(C)(NC(=O)COc2ccc3c(c2)OC(F)(F)O3)C1. The van der Waals surface area contributed by atoms with E-state index in [9.17, 15) is 13.6 Å². The molecule has 1 amide bonds. The van der Waals surface area contributed by atoms with Crippen molar-refractivity contribution in [2.75, 3.05) is 13.7 Å². The first-order valence-corrected chi connectivity index (χ1v) is 7.65. The molecule has 0 spiro atoms. The number of rotatable bonds is 5. The molecule has 0 atom stereocenters. The smallest absolute Gasteiger partial charge is 0.484 e. The minimum atomic E-state index is -3.67. The first kappa shape index (κ1) is 16.8. The molecule has 132 valence electrons. The van der Waals surface area contributed by atoms with Crippen LogP contribution in [-0.4, -0.2) is 36.9 Å². The molecule has 2 aliphatic rings. The number of hydrogen-bond acceptors (Lipinski definition) is 5. The zero-order valence-electron chi connectivity index (χ0n) is 13.7. The van der Waals surface area contributed by atoms with Gasteiger partial charge < -0.3 is 24.8 Å². The number of carbonyl (C=O) groups excluding carboxylic acids is 1. The van der Waals surface area contributed by atoms with Crippen LogP contribution in [0.15, 0.2) is 18.2 Å². The Labute approximate surface area is 138 Å². The Morgan fingerprint density at radius 3 is 2.54 bits per heavy atom. The molecular weight excluding hydrogens is 322 g/mol. The van der Waals surface area contributed by atoms with Crippen LogP contribution >= 0.6 is 0 Å². The molecule has 3 rings (SSSR count). The first-order valence-electron chi connectivity index (χ1n) is 7.65. The van der Waals surface area contributed by atoms with Crippen LogP contribution in [0.3, 0.4) is 0 Å². The molecule has 2 N–H and O–H groups in total. The molecule has 1 heterocycles. The highest BCUT2D eigenvalue weighted by molar-refractivity contribution is 5.78. The number of hydrogen-bond donors (Lipinski definition) is 2. The molecule has 1 aromatic carbocycles. The highest BCUT2D eigenvalue weighted by Crippen LogP contribution is 2.43. The van der Waals surface area contributed by atoms with Crippen LogP contribution in [0.5, 0.6) is 17.2 Å². The van der Waals surface area contributed by atoms with Crippen LogP contribution in [0, 0.1) is 0 Å². The van der Waals surface area contributed by atoms with Gasteiger partial charge in [0.05, 0.1) is 0 Å². The summed E-state index contributed by atoms with van der Waals surface area (Å²) in [7, 11) is 1.90. The van der Waals surface area contributed by atoms with Crippen LogP contribution in [0.1, 0.15) is 26.7 Å². The van der Waals surface area contributed by atoms with Gasteiger partial charge in [0.25, 0.3) is 5.91 Å². The fourth-order valence-electron chi connectivity index (χ4n) is 3.48. The monoisotopic (exact) mass is 342 g/mol. The van der Waals surface area contributed by atoms with Gasteiger partial charge in [-0.25, -0.2) is 0 Å². The fourth-order valence-corrected chi connectivity index (χ4v) is 3.48. The lowest BCUT2D eigenvalue weighted by atomic mass is 9.64. The average molecular weight is 342 g/mol. The molecule has 0 radical (unpaired) electrons. The number of benzene rings is 1. The lowest BCUT2D eigenvalue weighted by Gasteiger charge is -2.53. The maximum absolute atomic E-state index is 13.0. The maximum atomic E-state index is 13.0. The summed E-state index contributed by atoms with van der Waals surface area (Å²) in [6.07, 6.45) is -2.03. The lowest BCUT2D eigenvalue weighted by molar-refractivity contribution is -0.286. The molecule has 0 saturated heterocycles. The Morgan fingerprint density at radius 1 is 1.21 bits per heavy atom. The van der Waals surface area contributed by atoms with E-state index in [2.05, 4.69) is 27.0 Å². The molecule has 1 saturated carbocycles. The number of fused-ring (bicyclic) bond motifs is 1. The van der Waals surface area contributed by atoms with Gasteiger partial charge in [-0.3, -0.25) is 4.79 Å². The minimum absolute atomic E-state index is 0.0332. The second-order valence-electron chi connectivity index (χ2n) is 6.84. The van der Waals surface area contributed by atoms with Gasteiger partial charge in [-0.2, -0.15) is 0 Å². The maximum Gasteiger partial charge on any atom is 0.586 e. The summed E-state index contributed by atoms with van der Waals surface area (Å²) in [6.45, 7) is 3.87. The Morgan fingerprint density at radius 2 is 1.88 bits per heavy atom. The third-order valence-corrected chi connectivity index (χ3v) is 4.35. The Hall–Kier alpha value is -2.09. The molecule has 1 fully saturated rings. The molecule has 8 heteroatoms. The second-order valence-corrected chi connectivity index (χ2v) is 6.84. The van der Waals surface area contributed by atoms with Gasteiger partial charge in [0, 0.05) is 17.1 Å². The first-order chi connectivity index (χ1) is 11.1. The van der Waals surface area contributed by atoms with Crippen molar-refractivity contribution >= 4 is 5.91 Å². The molecular formula is C16H20F2N2O4. The largest absolute Gasteiger partial charge is 0.586 e. The van der Waals surface area contributed by atoms with Crippen molar-refractivity contribution in [3.05, 3.63) is 18.2 Å². The van der Waals surface area contributed by atoms with Crippen LogP contribution in [0.4, 0.5) is 8.78 Å². The second kappa shape index (κ2) is 5.47. The third kappa shape index (κ3) is 3.38. The zero-order chi connectivity index (χ0) is 17.6. The van der Waals surface area contributed by atoms with Crippen molar-refractivity contribution < 1.29 is 27.8 Å². The zero-order valence-corrected chi connectivity index (χ0v) is 13.7. The van der Waals surface area contributed by atoms with Crippen LogP contribution in [-0.2, 0) is 4.79 Å². The van der Waals surface area contributed by atoms with E-state index in [1.165, 1.54) is 18.2 Å². The summed E-state index contributed by atoms with van der Waals surface area (Å²) < 4.78 is 39.9. The normalized spacial score (nSPS) is 29.7. The third-order valence-electron chi connectivity index (χ3n) is 4.35. The molecule has 1 aliphatic carbocycles. The van der Waals surface area contributed by atoms with Gasteiger partial charge in [0.15, 0.2) is 18.1 Å². The highest BCUT2D eigenvalue weighted by Gasteiger charge is 2.48. The molecule has 24 heavy (non-hydrogen) atoms. The van der Waals surface area contributed by atoms with E-state index in [0.29, 0.717) is 0 Å². The molecule has 1 aliphatic heterocycles.